The highest BCUT2D eigenvalue weighted by atomic mass is 35.5. The van der Waals surface area contributed by atoms with Gasteiger partial charge in [0.15, 0.2) is 0 Å². The van der Waals surface area contributed by atoms with Crippen LogP contribution in [0.2, 0.25) is 20.1 Å². The van der Waals surface area contributed by atoms with Crippen LogP contribution in [-0.2, 0) is 30.8 Å². The molecule has 2 fully saturated rings. The van der Waals surface area contributed by atoms with E-state index in [0.29, 0.717) is 30.5 Å². The number of carbonyl (C=O) groups excluding carboxylic acids is 2. The second-order valence-corrected chi connectivity index (χ2v) is 15.2. The minimum absolute atomic E-state index is 0.0202. The van der Waals surface area contributed by atoms with Gasteiger partial charge in [0, 0.05) is 41.1 Å². The van der Waals surface area contributed by atoms with E-state index in [-0.39, 0.29) is 49.9 Å². The topological polar surface area (TPSA) is 183 Å². The fourth-order valence-corrected chi connectivity index (χ4v) is 9.46. The summed E-state index contributed by atoms with van der Waals surface area (Å²) >= 11 is 24.3. The van der Waals surface area contributed by atoms with Gasteiger partial charge in [-0.15, -0.1) is 0 Å². The third-order valence-electron chi connectivity index (χ3n) is 8.73. The highest BCUT2D eigenvalue weighted by molar-refractivity contribution is 7.89. The van der Waals surface area contributed by atoms with Crippen LogP contribution < -0.4 is 10.6 Å². The molecule has 3 aromatic rings. The molecule has 3 unspecified atom stereocenters. The van der Waals surface area contributed by atoms with Gasteiger partial charge in [-0.2, -0.15) is 4.31 Å². The smallest absolute Gasteiger partial charge is 0.326 e. The number of aromatic nitrogens is 1. The first kappa shape index (κ1) is 35.8. The van der Waals surface area contributed by atoms with Gasteiger partial charge in [0.05, 0.1) is 25.9 Å². The maximum Gasteiger partial charge on any atom is 0.326 e. The lowest BCUT2D eigenvalue weighted by Crippen LogP contribution is -2.59. The number of amides is 2. The Morgan fingerprint density at radius 2 is 1.58 bits per heavy atom. The third-order valence-corrected chi connectivity index (χ3v) is 11.6. The predicted octanol–water partition coefficient (Wildman–Crippen LogP) is 5.39. The number of halogens is 4. The van der Waals surface area contributed by atoms with Gasteiger partial charge in [-0.05, 0) is 54.7 Å². The summed E-state index contributed by atoms with van der Waals surface area (Å²) in [5, 5.41) is 25.8. The van der Waals surface area contributed by atoms with Crippen molar-refractivity contribution in [3.8, 4) is 0 Å². The lowest BCUT2D eigenvalue weighted by Gasteiger charge is -2.39. The van der Waals surface area contributed by atoms with Crippen molar-refractivity contribution in [3.05, 3.63) is 86.1 Å². The lowest BCUT2D eigenvalue weighted by molar-refractivity contribution is -0.158. The Balaban J connectivity index is 1.40. The highest BCUT2D eigenvalue weighted by Gasteiger charge is 2.65. The Bertz CT molecular complexity index is 1850. The van der Waals surface area contributed by atoms with E-state index in [1.165, 1.54) is 42.7 Å². The number of carboxylic acid groups (broad SMARTS) is 2. The molecule has 1 aliphatic heterocycles. The normalized spacial score (nSPS) is 21.6. The van der Waals surface area contributed by atoms with Gasteiger partial charge in [-0.1, -0.05) is 71.4 Å². The first-order chi connectivity index (χ1) is 22.6. The van der Waals surface area contributed by atoms with Crippen LogP contribution in [-0.4, -0.2) is 70.3 Å². The molecule has 2 aliphatic rings. The number of nitrogens with zero attached hydrogens (tertiary/aromatic N) is 2. The summed E-state index contributed by atoms with van der Waals surface area (Å²) in [4.78, 5) is 55.5. The van der Waals surface area contributed by atoms with Crippen molar-refractivity contribution in [3.63, 3.8) is 0 Å². The molecular weight excluding hydrogens is 730 g/mol. The first-order valence-corrected chi connectivity index (χ1v) is 17.5. The maximum absolute atomic E-state index is 14.0. The predicted molar refractivity (Wildman–Crippen MR) is 178 cm³/mol. The van der Waals surface area contributed by atoms with Gasteiger partial charge >= 0.3 is 11.9 Å². The second-order valence-electron chi connectivity index (χ2n) is 11.6. The quantitative estimate of drug-likeness (QED) is 0.211. The number of anilines is 1. The molecule has 1 saturated carbocycles. The summed E-state index contributed by atoms with van der Waals surface area (Å²) in [6.45, 7) is -0.266. The monoisotopic (exact) mass is 756 g/mol. The molecular formula is C31H28Cl4N4O8S. The largest absolute Gasteiger partial charge is 0.481 e. The van der Waals surface area contributed by atoms with Gasteiger partial charge in [0.2, 0.25) is 15.9 Å². The molecule has 0 spiro atoms. The number of nitrogens with one attached hydrogen (secondary N) is 2. The molecule has 1 aliphatic carbocycles. The number of fused-ring (bicyclic) bond motifs is 1. The van der Waals surface area contributed by atoms with Crippen LogP contribution in [0.5, 0.6) is 0 Å². The summed E-state index contributed by atoms with van der Waals surface area (Å²) in [6.07, 6.45) is 3.76. The SMILES string of the molecule is O=C(Nc1ccc(C[C@H](NC(=O)C2N(S(=O)(=O)c3cc(Cl)cc(Cl)c3)CC3CCCCC32C(=O)O)C(=O)O)cc1)c1c(Cl)cncc1Cl. The first-order valence-electron chi connectivity index (χ1n) is 14.6. The number of carbonyl (C=O) groups is 4. The molecule has 0 radical (unpaired) electrons. The molecule has 5 rings (SSSR count). The minimum atomic E-state index is -4.52. The van der Waals surface area contributed by atoms with E-state index >= 15 is 0 Å². The second kappa shape index (κ2) is 14.2. The average Bonchev–Trinajstić information content (AvgIpc) is 3.39. The Morgan fingerprint density at radius 1 is 0.958 bits per heavy atom. The minimum Gasteiger partial charge on any atom is -0.481 e. The molecule has 4 atom stereocenters. The summed E-state index contributed by atoms with van der Waals surface area (Å²) in [5.41, 5.74) is -0.995. The number of rotatable bonds is 10. The van der Waals surface area contributed by atoms with Gasteiger partial charge in [-0.3, -0.25) is 19.4 Å². The van der Waals surface area contributed by atoms with Crippen molar-refractivity contribution >= 4 is 85.9 Å². The van der Waals surface area contributed by atoms with E-state index < -0.39 is 57.2 Å². The van der Waals surface area contributed by atoms with Crippen molar-refractivity contribution in [1.29, 1.82) is 0 Å². The van der Waals surface area contributed by atoms with E-state index in [0.717, 1.165) is 16.4 Å². The van der Waals surface area contributed by atoms with Crippen molar-refractivity contribution in [2.45, 2.75) is 49.1 Å². The molecule has 48 heavy (non-hydrogen) atoms. The number of aliphatic carboxylic acids is 2. The molecule has 1 saturated heterocycles. The molecule has 12 nitrogen and oxygen atoms in total. The summed E-state index contributed by atoms with van der Waals surface area (Å²) in [6, 6.07) is 6.38. The van der Waals surface area contributed by atoms with Crippen molar-refractivity contribution in [2.24, 2.45) is 11.3 Å². The van der Waals surface area contributed by atoms with Gasteiger partial charge in [-0.25, -0.2) is 13.2 Å². The molecule has 2 heterocycles. The maximum atomic E-state index is 14.0. The Morgan fingerprint density at radius 3 is 2.17 bits per heavy atom. The zero-order valence-corrected chi connectivity index (χ0v) is 28.7. The molecule has 2 aromatic carbocycles. The number of hydrogen-bond acceptors (Lipinski definition) is 7. The van der Waals surface area contributed by atoms with Crippen LogP contribution in [0, 0.1) is 11.3 Å². The highest BCUT2D eigenvalue weighted by Crippen LogP contribution is 2.52. The molecule has 0 bridgehead atoms. The fraction of sp³-hybridized carbons (Fsp3) is 0.323. The summed E-state index contributed by atoms with van der Waals surface area (Å²) < 4.78 is 28.8. The van der Waals surface area contributed by atoms with E-state index in [4.69, 9.17) is 46.4 Å². The number of pyridine rings is 1. The number of carboxylic acids is 2. The summed E-state index contributed by atoms with van der Waals surface area (Å²) in [5.74, 6) is -5.12. The van der Waals surface area contributed by atoms with Gasteiger partial charge in [0.1, 0.15) is 12.1 Å². The van der Waals surface area contributed by atoms with Crippen LogP contribution >= 0.6 is 46.4 Å². The Labute approximate surface area is 295 Å². The lowest BCUT2D eigenvalue weighted by atomic mass is 9.64. The Kier molecular flexibility index (Phi) is 10.6. The zero-order valence-electron chi connectivity index (χ0n) is 24.8. The van der Waals surface area contributed by atoms with E-state index in [9.17, 15) is 37.8 Å². The van der Waals surface area contributed by atoms with E-state index in [1.54, 1.807) is 0 Å². The standard InChI is InChI=1S/C31H28Cl4N4O8S/c32-18-10-19(33)12-21(11-18)48(46,47)39-15-17-3-1-2-8-31(17,30(44)45)26(39)28(41)38-24(29(42)43)9-16-4-6-20(7-5-16)37-27(40)25-22(34)13-36-14-23(25)35/h4-7,10-14,17,24,26H,1-3,8-9,15H2,(H,37,40)(H,38,41)(H,42,43)(H,44,45)/t17?,24-,26?,31?/m0/s1. The summed E-state index contributed by atoms with van der Waals surface area (Å²) in [7, 11) is -4.52. The Hall–Kier alpha value is -3.46. The van der Waals surface area contributed by atoms with Crippen molar-refractivity contribution in [1.82, 2.24) is 14.6 Å². The van der Waals surface area contributed by atoms with Gasteiger partial charge < -0.3 is 20.8 Å². The number of hydrogen-bond donors (Lipinski definition) is 4. The van der Waals surface area contributed by atoms with Crippen LogP contribution in [0.25, 0.3) is 0 Å². The van der Waals surface area contributed by atoms with E-state index in [2.05, 4.69) is 15.6 Å². The van der Waals surface area contributed by atoms with Crippen LogP contribution in [0.1, 0.15) is 41.6 Å². The number of sulfonamides is 1. The average molecular weight is 758 g/mol. The van der Waals surface area contributed by atoms with Crippen LogP contribution in [0.15, 0.2) is 59.8 Å². The molecule has 2 amide bonds. The third kappa shape index (κ3) is 6.98. The fourth-order valence-electron chi connectivity index (χ4n) is 6.51. The molecule has 4 N–H and O–H groups in total. The van der Waals surface area contributed by atoms with Crippen molar-refractivity contribution < 1.29 is 37.8 Å². The van der Waals surface area contributed by atoms with Crippen LogP contribution in [0.3, 0.4) is 0 Å². The molecule has 17 heteroatoms. The van der Waals surface area contributed by atoms with Crippen LogP contribution in [0.4, 0.5) is 5.69 Å². The van der Waals surface area contributed by atoms with Crippen molar-refractivity contribution in [2.75, 3.05) is 11.9 Å². The number of benzene rings is 2. The zero-order chi connectivity index (χ0) is 35.0. The molecule has 254 valence electrons. The van der Waals surface area contributed by atoms with E-state index in [1.807, 2.05) is 0 Å². The molecule has 1 aromatic heterocycles. The van der Waals surface area contributed by atoms with Gasteiger partial charge in [0.25, 0.3) is 5.91 Å².